The highest BCUT2D eigenvalue weighted by Crippen LogP contribution is 2.29. The van der Waals surface area contributed by atoms with Crippen LogP contribution in [0.2, 0.25) is 0 Å². The van der Waals surface area contributed by atoms with Gasteiger partial charge in [-0.05, 0) is 75.6 Å². The largest absolute Gasteiger partial charge is 0.497 e. The van der Waals surface area contributed by atoms with E-state index in [-0.39, 0.29) is 31.0 Å². The Balaban J connectivity index is 1.62. The third-order valence-electron chi connectivity index (χ3n) is 7.43. The summed E-state index contributed by atoms with van der Waals surface area (Å²) in [5.74, 6) is 1.28. The highest BCUT2D eigenvalue weighted by Gasteiger charge is 2.32. The summed E-state index contributed by atoms with van der Waals surface area (Å²) in [5, 5.41) is 3.24. The summed E-state index contributed by atoms with van der Waals surface area (Å²) in [6, 6.07) is 22.8. The Labute approximate surface area is 246 Å². The van der Waals surface area contributed by atoms with E-state index < -0.39 is 6.04 Å². The normalized spacial score (nSPS) is 14.1. The second-order valence-electron chi connectivity index (χ2n) is 10.7. The summed E-state index contributed by atoms with van der Waals surface area (Å²) < 4.78 is 12.2. The van der Waals surface area contributed by atoms with Crippen LogP contribution in [-0.2, 0) is 22.6 Å². The van der Waals surface area contributed by atoms with Crippen molar-refractivity contribution in [2.24, 2.45) is 0 Å². The maximum absolute atomic E-state index is 13.9. The summed E-state index contributed by atoms with van der Waals surface area (Å²) in [5.41, 5.74) is 3.05. The van der Waals surface area contributed by atoms with Gasteiger partial charge in [-0.15, -0.1) is 0 Å². The van der Waals surface area contributed by atoms with E-state index in [9.17, 15) is 9.59 Å². The number of amides is 2. The van der Waals surface area contributed by atoms with Crippen LogP contribution in [0.5, 0.6) is 11.5 Å². The van der Waals surface area contributed by atoms with Gasteiger partial charge in [0.2, 0.25) is 5.91 Å². The highest BCUT2D eigenvalue weighted by molar-refractivity contribution is 9.10. The summed E-state index contributed by atoms with van der Waals surface area (Å²) in [4.78, 5) is 29.4. The van der Waals surface area contributed by atoms with Crippen LogP contribution in [0.15, 0.2) is 77.3 Å². The van der Waals surface area contributed by atoms with E-state index >= 15 is 0 Å². The van der Waals surface area contributed by atoms with Crippen molar-refractivity contribution in [1.82, 2.24) is 10.2 Å². The Morgan fingerprint density at radius 1 is 0.975 bits per heavy atom. The number of rotatable bonds is 12. The lowest BCUT2D eigenvalue weighted by molar-refractivity contribution is -0.143. The fourth-order valence-electron chi connectivity index (χ4n) is 5.10. The molecule has 0 bridgehead atoms. The second kappa shape index (κ2) is 14.4. The average molecular weight is 608 g/mol. The molecule has 40 heavy (non-hydrogen) atoms. The van der Waals surface area contributed by atoms with Gasteiger partial charge < -0.3 is 19.7 Å². The Morgan fingerprint density at radius 2 is 1.70 bits per heavy atom. The van der Waals surface area contributed by atoms with Crippen molar-refractivity contribution in [2.45, 2.75) is 70.5 Å². The topological polar surface area (TPSA) is 67.9 Å². The number of hydrogen-bond acceptors (Lipinski definition) is 4. The first-order valence-electron chi connectivity index (χ1n) is 14.0. The van der Waals surface area contributed by atoms with E-state index in [1.165, 1.54) is 5.56 Å². The van der Waals surface area contributed by atoms with Crippen LogP contribution in [0.25, 0.3) is 0 Å². The monoisotopic (exact) mass is 606 g/mol. The number of methoxy groups -OCH3 is 1. The van der Waals surface area contributed by atoms with Gasteiger partial charge in [0.15, 0.2) is 6.61 Å². The molecule has 0 saturated heterocycles. The molecule has 0 heterocycles. The van der Waals surface area contributed by atoms with Gasteiger partial charge in [-0.3, -0.25) is 9.59 Å². The molecular formula is C33H39BrN2O4. The van der Waals surface area contributed by atoms with E-state index in [0.717, 1.165) is 41.3 Å². The Bertz CT molecular complexity index is 1270. The second-order valence-corrected chi connectivity index (χ2v) is 11.6. The standard InChI is InChI=1S/C33H39BrN2O4/c1-23(2)26-16-17-31(29(34)20-26)40-22-32(37)36(21-25-12-9-15-28(18-25)39-3)30(19-24-10-5-4-6-11-24)33(38)35-27-13-7-8-14-27/h4-6,9-12,15-18,20,23,27,30H,7-8,13-14,19,21-22H2,1-3H3,(H,35,38)/t30-/m0/s1. The zero-order valence-corrected chi connectivity index (χ0v) is 25.2. The third-order valence-corrected chi connectivity index (χ3v) is 8.05. The SMILES string of the molecule is COc1cccc(CN(C(=O)COc2ccc(C(C)C)cc2Br)[C@@H](Cc2ccccc2)C(=O)NC2CCCC2)c1. The van der Waals surface area contributed by atoms with Crippen molar-refractivity contribution < 1.29 is 19.1 Å². The lowest BCUT2D eigenvalue weighted by atomic mass is 10.0. The molecule has 1 atom stereocenters. The van der Waals surface area contributed by atoms with E-state index in [2.05, 4.69) is 35.1 Å². The van der Waals surface area contributed by atoms with E-state index in [4.69, 9.17) is 9.47 Å². The summed E-state index contributed by atoms with van der Waals surface area (Å²) in [6.45, 7) is 4.32. The molecule has 0 aromatic heterocycles. The minimum Gasteiger partial charge on any atom is -0.497 e. The molecule has 1 saturated carbocycles. The fraction of sp³-hybridized carbons (Fsp3) is 0.394. The molecule has 3 aromatic carbocycles. The van der Waals surface area contributed by atoms with Gasteiger partial charge in [0, 0.05) is 19.0 Å². The van der Waals surface area contributed by atoms with Crippen LogP contribution >= 0.6 is 15.9 Å². The molecule has 1 aliphatic rings. The van der Waals surface area contributed by atoms with Crippen molar-refractivity contribution >= 4 is 27.7 Å². The van der Waals surface area contributed by atoms with Gasteiger partial charge in [-0.25, -0.2) is 0 Å². The Morgan fingerprint density at radius 3 is 2.38 bits per heavy atom. The molecule has 0 aliphatic heterocycles. The summed E-state index contributed by atoms with van der Waals surface area (Å²) >= 11 is 3.59. The number of benzene rings is 3. The van der Waals surface area contributed by atoms with Crippen molar-refractivity contribution in [1.29, 1.82) is 0 Å². The molecule has 3 aromatic rings. The number of carbonyl (C=O) groups is 2. The van der Waals surface area contributed by atoms with Crippen molar-refractivity contribution in [2.75, 3.05) is 13.7 Å². The first-order chi connectivity index (χ1) is 19.3. The highest BCUT2D eigenvalue weighted by atomic mass is 79.9. The molecule has 1 fully saturated rings. The van der Waals surface area contributed by atoms with E-state index in [1.54, 1.807) is 12.0 Å². The Kier molecular flexibility index (Phi) is 10.6. The van der Waals surface area contributed by atoms with Crippen molar-refractivity contribution in [3.05, 3.63) is 94.0 Å². The molecule has 0 spiro atoms. The van der Waals surface area contributed by atoms with Crippen LogP contribution in [0, 0.1) is 0 Å². The number of carbonyl (C=O) groups excluding carboxylic acids is 2. The minimum atomic E-state index is -0.697. The van der Waals surface area contributed by atoms with Crippen molar-refractivity contribution in [3.8, 4) is 11.5 Å². The summed E-state index contributed by atoms with van der Waals surface area (Å²) in [7, 11) is 1.62. The maximum atomic E-state index is 13.9. The molecule has 0 unspecified atom stereocenters. The lowest BCUT2D eigenvalue weighted by Crippen LogP contribution is -2.53. The van der Waals surface area contributed by atoms with Gasteiger partial charge in [0.25, 0.3) is 5.91 Å². The van der Waals surface area contributed by atoms with Crippen LogP contribution in [-0.4, -0.2) is 42.5 Å². The minimum absolute atomic E-state index is 0.130. The van der Waals surface area contributed by atoms with E-state index in [0.29, 0.717) is 23.8 Å². The van der Waals surface area contributed by atoms with Gasteiger partial charge >= 0.3 is 0 Å². The number of hydrogen-bond donors (Lipinski definition) is 1. The molecule has 212 valence electrons. The van der Waals surface area contributed by atoms with Gasteiger partial charge in [-0.2, -0.15) is 0 Å². The van der Waals surface area contributed by atoms with Crippen LogP contribution in [0.4, 0.5) is 0 Å². The predicted molar refractivity (Wildman–Crippen MR) is 162 cm³/mol. The van der Waals surface area contributed by atoms with Crippen LogP contribution in [0.1, 0.15) is 62.1 Å². The quantitative estimate of drug-likeness (QED) is 0.250. The van der Waals surface area contributed by atoms with E-state index in [1.807, 2.05) is 72.8 Å². The molecular weight excluding hydrogens is 568 g/mol. The van der Waals surface area contributed by atoms with Crippen LogP contribution in [0.3, 0.4) is 0 Å². The van der Waals surface area contributed by atoms with Crippen LogP contribution < -0.4 is 14.8 Å². The first kappa shape index (κ1) is 29.7. The zero-order chi connectivity index (χ0) is 28.5. The zero-order valence-electron chi connectivity index (χ0n) is 23.6. The number of halogens is 1. The first-order valence-corrected chi connectivity index (χ1v) is 14.8. The lowest BCUT2D eigenvalue weighted by Gasteiger charge is -2.32. The molecule has 7 heteroatoms. The third kappa shape index (κ3) is 8.10. The fourth-order valence-corrected chi connectivity index (χ4v) is 5.62. The molecule has 6 nitrogen and oxygen atoms in total. The number of nitrogens with one attached hydrogen (secondary N) is 1. The van der Waals surface area contributed by atoms with Crippen molar-refractivity contribution in [3.63, 3.8) is 0 Å². The molecule has 1 aliphatic carbocycles. The summed E-state index contributed by atoms with van der Waals surface area (Å²) in [6.07, 6.45) is 4.56. The average Bonchev–Trinajstić information content (AvgIpc) is 3.47. The van der Waals surface area contributed by atoms with Gasteiger partial charge in [0.1, 0.15) is 17.5 Å². The van der Waals surface area contributed by atoms with Gasteiger partial charge in [-0.1, -0.05) is 75.2 Å². The molecule has 1 N–H and O–H groups in total. The number of nitrogens with zero attached hydrogens (tertiary/aromatic N) is 1. The smallest absolute Gasteiger partial charge is 0.261 e. The molecule has 0 radical (unpaired) electrons. The maximum Gasteiger partial charge on any atom is 0.261 e. The van der Waals surface area contributed by atoms with Gasteiger partial charge in [0.05, 0.1) is 11.6 Å². The predicted octanol–water partition coefficient (Wildman–Crippen LogP) is 6.66. The molecule has 4 rings (SSSR count). The Hall–Kier alpha value is -3.32. The molecule has 2 amide bonds. The number of ether oxygens (including phenoxy) is 2.